The van der Waals surface area contributed by atoms with Gasteiger partial charge in [0.1, 0.15) is 0 Å². The molecule has 1 amide bonds. The number of carbonyl (C=O) groups is 1. The molecule has 84 valence electrons. The predicted octanol–water partition coefficient (Wildman–Crippen LogP) is 1.44. The maximum Gasteiger partial charge on any atom is 0.225 e. The average molecular weight is 200 g/mol. The molecule has 0 aliphatic rings. The molecule has 0 heterocycles. The van der Waals surface area contributed by atoms with Gasteiger partial charge in [-0.2, -0.15) is 0 Å². The van der Waals surface area contributed by atoms with Gasteiger partial charge in [0, 0.05) is 26.1 Å². The number of likely N-dealkylation sites (N-methyl/N-ethyl adjacent to an activating group) is 2. The highest BCUT2D eigenvalue weighted by Gasteiger charge is 2.17. The van der Waals surface area contributed by atoms with Gasteiger partial charge in [-0.3, -0.25) is 4.79 Å². The zero-order valence-corrected chi connectivity index (χ0v) is 10.2. The van der Waals surface area contributed by atoms with Crippen molar-refractivity contribution < 1.29 is 4.79 Å². The Bertz CT molecular complexity index is 165. The van der Waals surface area contributed by atoms with Crippen LogP contribution >= 0.6 is 0 Å². The summed E-state index contributed by atoms with van der Waals surface area (Å²) in [5, 5.41) is 0. The van der Waals surface area contributed by atoms with Crippen molar-refractivity contribution in [3.8, 4) is 0 Å². The number of hydrogen-bond acceptors (Lipinski definition) is 2. The lowest BCUT2D eigenvalue weighted by molar-refractivity contribution is -0.134. The van der Waals surface area contributed by atoms with Crippen molar-refractivity contribution in [3.63, 3.8) is 0 Å². The molecule has 0 aromatic heterocycles. The topological polar surface area (TPSA) is 23.6 Å². The van der Waals surface area contributed by atoms with Crippen molar-refractivity contribution in [2.75, 3.05) is 34.2 Å². The molecular formula is C11H24N2O. The van der Waals surface area contributed by atoms with Crippen molar-refractivity contribution in [2.45, 2.75) is 26.7 Å². The van der Waals surface area contributed by atoms with Crippen LogP contribution in [0.15, 0.2) is 0 Å². The standard InChI is InChI=1S/C11H24N2O/c1-6-10(7-2)11(14)13(5)9-8-12(3)4/h10H,6-9H2,1-5H3. The molecule has 0 aromatic carbocycles. The summed E-state index contributed by atoms with van der Waals surface area (Å²) in [6, 6.07) is 0. The molecule has 0 spiro atoms. The van der Waals surface area contributed by atoms with E-state index >= 15 is 0 Å². The van der Waals surface area contributed by atoms with Gasteiger partial charge in [0.2, 0.25) is 5.91 Å². The Morgan fingerprint density at radius 3 is 1.93 bits per heavy atom. The Morgan fingerprint density at radius 2 is 1.57 bits per heavy atom. The number of nitrogens with zero attached hydrogens (tertiary/aromatic N) is 2. The van der Waals surface area contributed by atoms with Crippen molar-refractivity contribution in [1.29, 1.82) is 0 Å². The largest absolute Gasteiger partial charge is 0.344 e. The minimum atomic E-state index is 0.210. The van der Waals surface area contributed by atoms with Gasteiger partial charge in [0.25, 0.3) is 0 Å². The molecule has 0 radical (unpaired) electrons. The van der Waals surface area contributed by atoms with E-state index in [1.165, 1.54) is 0 Å². The van der Waals surface area contributed by atoms with E-state index in [4.69, 9.17) is 0 Å². The summed E-state index contributed by atoms with van der Waals surface area (Å²) in [6.07, 6.45) is 1.89. The van der Waals surface area contributed by atoms with E-state index in [9.17, 15) is 4.79 Å². The fourth-order valence-corrected chi connectivity index (χ4v) is 1.41. The monoisotopic (exact) mass is 200 g/mol. The minimum Gasteiger partial charge on any atom is -0.344 e. The maximum absolute atomic E-state index is 11.8. The molecule has 3 nitrogen and oxygen atoms in total. The lowest BCUT2D eigenvalue weighted by Crippen LogP contribution is -2.37. The summed E-state index contributed by atoms with van der Waals surface area (Å²) in [4.78, 5) is 15.8. The van der Waals surface area contributed by atoms with Gasteiger partial charge < -0.3 is 9.80 Å². The van der Waals surface area contributed by atoms with Crippen LogP contribution in [0.2, 0.25) is 0 Å². The van der Waals surface area contributed by atoms with Crippen molar-refractivity contribution in [1.82, 2.24) is 9.80 Å². The van der Waals surface area contributed by atoms with Gasteiger partial charge in [0.05, 0.1) is 0 Å². The molecule has 0 bridgehead atoms. The highest BCUT2D eigenvalue weighted by Crippen LogP contribution is 2.10. The Morgan fingerprint density at radius 1 is 1.07 bits per heavy atom. The number of amides is 1. The van der Waals surface area contributed by atoms with Gasteiger partial charge in [-0.05, 0) is 26.9 Å². The second kappa shape index (κ2) is 6.82. The predicted molar refractivity (Wildman–Crippen MR) is 60.3 cm³/mol. The molecule has 0 aliphatic carbocycles. The Hall–Kier alpha value is -0.570. The first-order valence-electron chi connectivity index (χ1n) is 5.42. The second-order valence-electron chi connectivity index (χ2n) is 4.08. The molecule has 0 saturated carbocycles. The normalized spacial score (nSPS) is 11.1. The van der Waals surface area contributed by atoms with Crippen LogP contribution in [-0.4, -0.2) is 49.9 Å². The second-order valence-corrected chi connectivity index (χ2v) is 4.08. The molecule has 14 heavy (non-hydrogen) atoms. The van der Waals surface area contributed by atoms with Crippen molar-refractivity contribution in [2.24, 2.45) is 5.92 Å². The van der Waals surface area contributed by atoms with Gasteiger partial charge in [-0.15, -0.1) is 0 Å². The molecule has 0 saturated heterocycles. The first kappa shape index (κ1) is 13.4. The molecular weight excluding hydrogens is 176 g/mol. The van der Waals surface area contributed by atoms with E-state index in [-0.39, 0.29) is 11.8 Å². The molecule has 0 atom stereocenters. The van der Waals surface area contributed by atoms with Crippen LogP contribution in [-0.2, 0) is 4.79 Å². The van der Waals surface area contributed by atoms with Crippen LogP contribution in [0.1, 0.15) is 26.7 Å². The van der Waals surface area contributed by atoms with E-state index in [2.05, 4.69) is 18.7 Å². The van der Waals surface area contributed by atoms with Crippen LogP contribution in [0, 0.1) is 5.92 Å². The van der Waals surface area contributed by atoms with E-state index in [0.717, 1.165) is 25.9 Å². The zero-order chi connectivity index (χ0) is 11.1. The third-order valence-corrected chi connectivity index (χ3v) is 2.59. The van der Waals surface area contributed by atoms with E-state index in [1.807, 2.05) is 26.0 Å². The summed E-state index contributed by atoms with van der Waals surface area (Å²) in [5.74, 6) is 0.499. The van der Waals surface area contributed by atoms with Gasteiger partial charge >= 0.3 is 0 Å². The molecule has 0 aliphatic heterocycles. The van der Waals surface area contributed by atoms with Crippen LogP contribution in [0.3, 0.4) is 0 Å². The Balaban J connectivity index is 3.97. The average Bonchev–Trinajstić information content (AvgIpc) is 2.15. The summed E-state index contributed by atoms with van der Waals surface area (Å²) < 4.78 is 0. The molecule has 0 fully saturated rings. The third-order valence-electron chi connectivity index (χ3n) is 2.59. The summed E-state index contributed by atoms with van der Waals surface area (Å²) >= 11 is 0. The van der Waals surface area contributed by atoms with Gasteiger partial charge in [-0.1, -0.05) is 13.8 Å². The Labute approximate surface area is 88.1 Å². The molecule has 0 unspecified atom stereocenters. The minimum absolute atomic E-state index is 0.210. The summed E-state index contributed by atoms with van der Waals surface area (Å²) in [7, 11) is 5.94. The summed E-state index contributed by atoms with van der Waals surface area (Å²) in [6.45, 7) is 5.91. The van der Waals surface area contributed by atoms with Crippen LogP contribution in [0.25, 0.3) is 0 Å². The van der Waals surface area contributed by atoms with Crippen molar-refractivity contribution in [3.05, 3.63) is 0 Å². The lowest BCUT2D eigenvalue weighted by Gasteiger charge is -2.23. The van der Waals surface area contributed by atoms with Gasteiger partial charge in [0.15, 0.2) is 0 Å². The van der Waals surface area contributed by atoms with Gasteiger partial charge in [-0.25, -0.2) is 0 Å². The number of hydrogen-bond donors (Lipinski definition) is 0. The third kappa shape index (κ3) is 4.61. The lowest BCUT2D eigenvalue weighted by atomic mass is 10.0. The Kier molecular flexibility index (Phi) is 6.54. The highest BCUT2D eigenvalue weighted by molar-refractivity contribution is 5.78. The first-order valence-corrected chi connectivity index (χ1v) is 5.42. The fraction of sp³-hybridized carbons (Fsp3) is 0.909. The highest BCUT2D eigenvalue weighted by atomic mass is 16.2. The van der Waals surface area contributed by atoms with E-state index < -0.39 is 0 Å². The summed E-state index contributed by atoms with van der Waals surface area (Å²) in [5.41, 5.74) is 0. The molecule has 3 heteroatoms. The SMILES string of the molecule is CCC(CC)C(=O)N(C)CCN(C)C. The number of rotatable bonds is 6. The number of carbonyl (C=O) groups excluding carboxylic acids is 1. The zero-order valence-electron chi connectivity index (χ0n) is 10.2. The molecule has 0 rings (SSSR count). The van der Waals surface area contributed by atoms with Crippen molar-refractivity contribution >= 4 is 5.91 Å². The van der Waals surface area contributed by atoms with E-state index in [1.54, 1.807) is 0 Å². The first-order chi connectivity index (χ1) is 6.52. The smallest absolute Gasteiger partial charge is 0.225 e. The fourth-order valence-electron chi connectivity index (χ4n) is 1.41. The maximum atomic E-state index is 11.8. The van der Waals surface area contributed by atoms with Crippen LogP contribution in [0.4, 0.5) is 0 Å². The molecule has 0 aromatic rings. The van der Waals surface area contributed by atoms with E-state index in [0.29, 0.717) is 0 Å². The van der Waals surface area contributed by atoms with Crippen LogP contribution < -0.4 is 0 Å². The quantitative estimate of drug-likeness (QED) is 0.648. The molecule has 0 N–H and O–H groups in total. The van der Waals surface area contributed by atoms with Crippen LogP contribution in [0.5, 0.6) is 0 Å².